The lowest BCUT2D eigenvalue weighted by Crippen LogP contribution is -2.02. The van der Waals surface area contributed by atoms with E-state index in [0.717, 1.165) is 28.1 Å². The third-order valence-corrected chi connectivity index (χ3v) is 3.07. The first-order valence-electron chi connectivity index (χ1n) is 6.19. The minimum Gasteiger partial charge on any atom is -0.496 e. The third-order valence-electron chi connectivity index (χ3n) is 3.07. The zero-order valence-corrected chi connectivity index (χ0v) is 11.6. The SMILES string of the molecule is COc1cc(C)ccc1-c1ncc(C(C)O)c(C)n1. The molecule has 1 atom stereocenters. The van der Waals surface area contributed by atoms with Crippen LogP contribution >= 0.6 is 0 Å². The number of methoxy groups -OCH3 is 1. The molecule has 0 spiro atoms. The number of aliphatic hydroxyl groups is 1. The van der Waals surface area contributed by atoms with Gasteiger partial charge < -0.3 is 9.84 Å². The molecule has 4 nitrogen and oxygen atoms in total. The van der Waals surface area contributed by atoms with E-state index in [0.29, 0.717) is 5.82 Å². The Bertz CT molecular complexity index is 595. The first kappa shape index (κ1) is 13.5. The summed E-state index contributed by atoms with van der Waals surface area (Å²) in [6, 6.07) is 5.90. The predicted octanol–water partition coefficient (Wildman–Crippen LogP) is 2.82. The van der Waals surface area contributed by atoms with Gasteiger partial charge in [0.2, 0.25) is 0 Å². The molecular weight excluding hydrogens is 240 g/mol. The number of aromatic nitrogens is 2. The van der Waals surface area contributed by atoms with Crippen LogP contribution < -0.4 is 4.74 Å². The summed E-state index contributed by atoms with van der Waals surface area (Å²) < 4.78 is 5.37. The average molecular weight is 258 g/mol. The Morgan fingerprint density at radius 1 is 1.26 bits per heavy atom. The van der Waals surface area contributed by atoms with Gasteiger partial charge >= 0.3 is 0 Å². The normalized spacial score (nSPS) is 12.3. The van der Waals surface area contributed by atoms with Gasteiger partial charge in [0.05, 0.1) is 18.8 Å². The molecular formula is C15H18N2O2. The van der Waals surface area contributed by atoms with Gasteiger partial charge in [-0.15, -0.1) is 0 Å². The van der Waals surface area contributed by atoms with Crippen molar-refractivity contribution in [1.82, 2.24) is 9.97 Å². The zero-order valence-electron chi connectivity index (χ0n) is 11.6. The number of ether oxygens (including phenoxy) is 1. The molecule has 100 valence electrons. The fourth-order valence-electron chi connectivity index (χ4n) is 2.00. The Morgan fingerprint density at radius 2 is 2.00 bits per heavy atom. The molecule has 0 aliphatic heterocycles. The van der Waals surface area contributed by atoms with Crippen LogP contribution in [0.15, 0.2) is 24.4 Å². The van der Waals surface area contributed by atoms with Gasteiger partial charge in [-0.05, 0) is 38.5 Å². The number of aliphatic hydroxyl groups excluding tert-OH is 1. The summed E-state index contributed by atoms with van der Waals surface area (Å²) >= 11 is 0. The van der Waals surface area contributed by atoms with Crippen LogP contribution in [0.3, 0.4) is 0 Å². The lowest BCUT2D eigenvalue weighted by Gasteiger charge is -2.11. The number of benzene rings is 1. The van der Waals surface area contributed by atoms with Crippen molar-refractivity contribution in [2.24, 2.45) is 0 Å². The van der Waals surface area contributed by atoms with E-state index in [1.54, 1.807) is 20.2 Å². The molecule has 0 saturated heterocycles. The molecule has 0 saturated carbocycles. The van der Waals surface area contributed by atoms with Crippen molar-refractivity contribution in [1.29, 1.82) is 0 Å². The molecule has 2 rings (SSSR count). The molecule has 0 aliphatic rings. The molecule has 1 N–H and O–H groups in total. The maximum atomic E-state index is 9.60. The topological polar surface area (TPSA) is 55.2 Å². The van der Waals surface area contributed by atoms with Crippen LogP contribution in [0.25, 0.3) is 11.4 Å². The van der Waals surface area contributed by atoms with Gasteiger partial charge in [0.1, 0.15) is 5.75 Å². The van der Waals surface area contributed by atoms with Gasteiger partial charge in [-0.25, -0.2) is 9.97 Å². The van der Waals surface area contributed by atoms with E-state index in [1.165, 1.54) is 0 Å². The smallest absolute Gasteiger partial charge is 0.163 e. The van der Waals surface area contributed by atoms with E-state index >= 15 is 0 Å². The Kier molecular flexibility index (Phi) is 3.81. The summed E-state index contributed by atoms with van der Waals surface area (Å²) in [5.74, 6) is 1.36. The molecule has 0 amide bonds. The minimum atomic E-state index is -0.561. The van der Waals surface area contributed by atoms with Crippen LogP contribution in [-0.4, -0.2) is 22.2 Å². The fourth-order valence-corrected chi connectivity index (χ4v) is 2.00. The standard InChI is InChI=1S/C15H18N2O2/c1-9-5-6-12(14(7-9)19-4)15-16-8-13(11(3)18)10(2)17-15/h5-8,11,18H,1-4H3. The molecule has 4 heteroatoms. The predicted molar refractivity (Wildman–Crippen MR) is 74.1 cm³/mol. The second-order valence-corrected chi connectivity index (χ2v) is 4.61. The number of nitrogens with zero attached hydrogens (tertiary/aromatic N) is 2. The highest BCUT2D eigenvalue weighted by molar-refractivity contribution is 5.65. The summed E-state index contributed by atoms with van der Waals surface area (Å²) in [5.41, 5.74) is 3.50. The van der Waals surface area contributed by atoms with Gasteiger partial charge in [0.15, 0.2) is 5.82 Å². The Balaban J connectivity index is 2.51. The molecule has 0 aliphatic carbocycles. The highest BCUT2D eigenvalue weighted by Gasteiger charge is 2.12. The monoisotopic (exact) mass is 258 g/mol. The molecule has 1 aromatic heterocycles. The maximum Gasteiger partial charge on any atom is 0.163 e. The Morgan fingerprint density at radius 3 is 2.58 bits per heavy atom. The van der Waals surface area contributed by atoms with E-state index in [2.05, 4.69) is 9.97 Å². The summed E-state index contributed by atoms with van der Waals surface area (Å²) in [5, 5.41) is 9.60. The summed E-state index contributed by atoms with van der Waals surface area (Å²) in [6.45, 7) is 5.58. The highest BCUT2D eigenvalue weighted by Crippen LogP contribution is 2.29. The Hall–Kier alpha value is -1.94. The fraction of sp³-hybridized carbons (Fsp3) is 0.333. The van der Waals surface area contributed by atoms with Crippen LogP contribution in [0.2, 0.25) is 0 Å². The minimum absolute atomic E-state index is 0.561. The van der Waals surface area contributed by atoms with Crippen LogP contribution in [0, 0.1) is 13.8 Å². The van der Waals surface area contributed by atoms with E-state index in [9.17, 15) is 5.11 Å². The third kappa shape index (κ3) is 2.74. The molecule has 1 heterocycles. The first-order chi connectivity index (χ1) is 9.02. The van der Waals surface area contributed by atoms with Crippen molar-refractivity contribution in [3.63, 3.8) is 0 Å². The second kappa shape index (κ2) is 5.36. The van der Waals surface area contributed by atoms with E-state index < -0.39 is 6.10 Å². The lowest BCUT2D eigenvalue weighted by molar-refractivity contribution is 0.197. The number of aryl methyl sites for hydroxylation is 2. The van der Waals surface area contributed by atoms with E-state index in [4.69, 9.17) is 4.74 Å². The van der Waals surface area contributed by atoms with Gasteiger partial charge in [-0.3, -0.25) is 0 Å². The molecule has 2 aromatic rings. The van der Waals surface area contributed by atoms with Crippen molar-refractivity contribution >= 4 is 0 Å². The summed E-state index contributed by atoms with van der Waals surface area (Å²) in [6.07, 6.45) is 1.11. The number of rotatable bonds is 3. The van der Waals surface area contributed by atoms with Crippen molar-refractivity contribution in [2.45, 2.75) is 26.9 Å². The average Bonchev–Trinajstić information content (AvgIpc) is 2.37. The quantitative estimate of drug-likeness (QED) is 0.919. The maximum absolute atomic E-state index is 9.60. The highest BCUT2D eigenvalue weighted by atomic mass is 16.5. The van der Waals surface area contributed by atoms with E-state index in [-0.39, 0.29) is 0 Å². The summed E-state index contributed by atoms with van der Waals surface area (Å²) in [7, 11) is 1.63. The van der Waals surface area contributed by atoms with Crippen LogP contribution in [0.1, 0.15) is 29.8 Å². The summed E-state index contributed by atoms with van der Waals surface area (Å²) in [4.78, 5) is 8.77. The van der Waals surface area contributed by atoms with Crippen molar-refractivity contribution in [2.75, 3.05) is 7.11 Å². The molecule has 19 heavy (non-hydrogen) atoms. The second-order valence-electron chi connectivity index (χ2n) is 4.61. The molecule has 1 aromatic carbocycles. The van der Waals surface area contributed by atoms with Gasteiger partial charge in [0.25, 0.3) is 0 Å². The van der Waals surface area contributed by atoms with Crippen molar-refractivity contribution < 1.29 is 9.84 Å². The van der Waals surface area contributed by atoms with Gasteiger partial charge in [-0.2, -0.15) is 0 Å². The van der Waals surface area contributed by atoms with Crippen LogP contribution in [-0.2, 0) is 0 Å². The Labute approximate surface area is 113 Å². The molecule has 0 fully saturated rings. The lowest BCUT2D eigenvalue weighted by atomic mass is 10.1. The van der Waals surface area contributed by atoms with Crippen molar-refractivity contribution in [3.05, 3.63) is 41.2 Å². The van der Waals surface area contributed by atoms with Gasteiger partial charge in [0, 0.05) is 17.5 Å². The van der Waals surface area contributed by atoms with Crippen molar-refractivity contribution in [3.8, 4) is 17.1 Å². The van der Waals surface area contributed by atoms with Gasteiger partial charge in [-0.1, -0.05) is 6.07 Å². The number of hydrogen-bond acceptors (Lipinski definition) is 4. The largest absolute Gasteiger partial charge is 0.496 e. The zero-order chi connectivity index (χ0) is 14.0. The van der Waals surface area contributed by atoms with E-state index in [1.807, 2.05) is 32.0 Å². The number of hydrogen-bond donors (Lipinski definition) is 1. The molecule has 1 unspecified atom stereocenters. The molecule has 0 bridgehead atoms. The van der Waals surface area contributed by atoms with Crippen LogP contribution in [0.4, 0.5) is 0 Å². The van der Waals surface area contributed by atoms with Crippen LogP contribution in [0.5, 0.6) is 5.75 Å². The first-order valence-corrected chi connectivity index (χ1v) is 6.19. The molecule has 0 radical (unpaired) electrons.